The maximum atomic E-state index is 13.4. The van der Waals surface area contributed by atoms with E-state index in [1.807, 2.05) is 0 Å². The lowest BCUT2D eigenvalue weighted by molar-refractivity contribution is -0.432. The van der Waals surface area contributed by atoms with Gasteiger partial charge in [0.25, 0.3) is 32.1 Å². The van der Waals surface area contributed by atoms with Gasteiger partial charge in [-0.2, -0.15) is 16.8 Å². The van der Waals surface area contributed by atoms with Gasteiger partial charge in [-0.1, -0.05) is 22.2 Å². The van der Waals surface area contributed by atoms with Crippen molar-refractivity contribution in [3.8, 4) is 11.5 Å². The van der Waals surface area contributed by atoms with Crippen LogP contribution in [-0.4, -0.2) is 64.5 Å². The summed E-state index contributed by atoms with van der Waals surface area (Å²) in [7, 11) is -9.63. The first-order valence-electron chi connectivity index (χ1n) is 16.2. The molecule has 0 aliphatic rings. The smallest absolute Gasteiger partial charge is 0.323 e. The van der Waals surface area contributed by atoms with Crippen LogP contribution in [0.5, 0.6) is 11.5 Å². The summed E-state index contributed by atoms with van der Waals surface area (Å²) in [5.41, 5.74) is -0.209. The van der Waals surface area contributed by atoms with Gasteiger partial charge in [0.1, 0.15) is 16.4 Å². The molecule has 0 saturated carbocycles. The third-order valence-electron chi connectivity index (χ3n) is 8.16. The largest absolute Gasteiger partial charge is 0.507 e. The van der Waals surface area contributed by atoms with Gasteiger partial charge in [0, 0.05) is 44.2 Å². The van der Waals surface area contributed by atoms with Crippen molar-refractivity contribution in [3.63, 3.8) is 0 Å². The van der Waals surface area contributed by atoms with Crippen molar-refractivity contribution >= 4 is 106 Å². The standard InChI is InChI=1S/C35H26N4O17S4/c40-29-13-23(57-55-53-45)9-19-12-32(60(50,51)52)28(16-26(19)29)39-34(43)18-4-2-6-22(8-18)37-35(44)36-21-5-1-3-17(7-21)33(42)38-27-15-25-20(11-31(27)58-56-54-46)10-24(14-30(25)41)59(47,48)49/h1-16,40-41,45-46H,(H,38,42)(H,39,43)(H2,36,37,44)(H,47,48,49)(H,50,51,52). The summed E-state index contributed by atoms with van der Waals surface area (Å²) in [6.07, 6.45) is 0. The number of aromatic hydroxyl groups is 2. The number of benzene rings is 6. The molecule has 0 bridgehead atoms. The second-order valence-corrected chi connectivity index (χ2v) is 16.4. The average Bonchev–Trinajstić information content (AvgIpc) is 3.18. The highest BCUT2D eigenvalue weighted by Gasteiger charge is 2.22. The van der Waals surface area contributed by atoms with Gasteiger partial charge in [-0.05, 0) is 89.6 Å². The van der Waals surface area contributed by atoms with Crippen LogP contribution >= 0.6 is 24.1 Å². The highest BCUT2D eigenvalue weighted by Crippen LogP contribution is 2.39. The molecule has 0 atom stereocenters. The topological polar surface area (TPSA) is 326 Å². The van der Waals surface area contributed by atoms with E-state index in [0.717, 1.165) is 24.3 Å². The van der Waals surface area contributed by atoms with Crippen molar-refractivity contribution in [1.82, 2.24) is 0 Å². The molecular weight excluding hydrogens is 877 g/mol. The second kappa shape index (κ2) is 18.0. The van der Waals surface area contributed by atoms with Crippen molar-refractivity contribution < 1.29 is 79.8 Å². The van der Waals surface area contributed by atoms with E-state index in [9.17, 15) is 50.5 Å². The van der Waals surface area contributed by atoms with E-state index < -0.39 is 59.3 Å². The molecule has 60 heavy (non-hydrogen) atoms. The van der Waals surface area contributed by atoms with Crippen LogP contribution in [0.1, 0.15) is 20.7 Å². The zero-order valence-electron chi connectivity index (χ0n) is 29.5. The lowest BCUT2D eigenvalue weighted by Gasteiger charge is -2.14. The SMILES string of the molecule is O=C(Nc1cccc(C(=O)Nc2cc3c(O)cc(S(=O)(=O)O)cc3cc2SOOO)c1)Nc1cccc(C(=O)Nc2cc3c(O)cc(SOOO)cc3cc2S(=O)(=O)O)c1. The van der Waals surface area contributed by atoms with E-state index in [0.29, 0.717) is 24.1 Å². The van der Waals surface area contributed by atoms with Gasteiger partial charge < -0.3 is 31.5 Å². The minimum atomic E-state index is -4.94. The second-order valence-electron chi connectivity index (χ2n) is 12.1. The summed E-state index contributed by atoms with van der Waals surface area (Å²) in [6.45, 7) is 0. The summed E-state index contributed by atoms with van der Waals surface area (Å²) in [5.74, 6) is -2.53. The highest BCUT2D eigenvalue weighted by atomic mass is 32.2. The number of urea groups is 1. The van der Waals surface area contributed by atoms with Gasteiger partial charge in [0.2, 0.25) is 0 Å². The van der Waals surface area contributed by atoms with Crippen molar-refractivity contribution in [2.75, 3.05) is 21.3 Å². The number of phenols is 2. The van der Waals surface area contributed by atoms with Crippen LogP contribution in [0.15, 0.2) is 117 Å². The van der Waals surface area contributed by atoms with Gasteiger partial charge >= 0.3 is 6.03 Å². The number of nitrogens with one attached hydrogen (secondary N) is 4. The van der Waals surface area contributed by atoms with E-state index in [1.165, 1.54) is 72.8 Å². The van der Waals surface area contributed by atoms with E-state index in [-0.39, 0.29) is 65.3 Å². The normalized spacial score (nSPS) is 11.7. The first kappa shape index (κ1) is 43.5. The van der Waals surface area contributed by atoms with Crippen LogP contribution in [-0.2, 0) is 39.0 Å². The number of rotatable bonds is 14. The Morgan fingerprint density at radius 1 is 0.567 bits per heavy atom. The molecule has 4 amide bonds. The number of carbonyl (C=O) groups excluding carboxylic acids is 3. The predicted octanol–water partition coefficient (Wildman–Crippen LogP) is 6.90. The fourth-order valence-electron chi connectivity index (χ4n) is 5.63. The lowest BCUT2D eigenvalue weighted by atomic mass is 10.1. The minimum Gasteiger partial charge on any atom is -0.507 e. The molecule has 10 N–H and O–H groups in total. The number of anilines is 4. The number of phenolic OH excluding ortho intramolecular Hbond substituents is 2. The first-order chi connectivity index (χ1) is 28.4. The Balaban J connectivity index is 1.16. The van der Waals surface area contributed by atoms with Crippen molar-refractivity contribution in [1.29, 1.82) is 0 Å². The third-order valence-corrected chi connectivity index (χ3v) is 11.1. The maximum Gasteiger partial charge on any atom is 0.323 e. The van der Waals surface area contributed by atoms with E-state index in [4.69, 9.17) is 10.5 Å². The van der Waals surface area contributed by atoms with Crippen LogP contribution in [0, 0.1) is 0 Å². The van der Waals surface area contributed by atoms with Crippen LogP contribution in [0.4, 0.5) is 27.5 Å². The van der Waals surface area contributed by atoms with Crippen molar-refractivity contribution in [2.45, 2.75) is 19.6 Å². The molecule has 0 aliphatic heterocycles. The number of hydrogen-bond acceptors (Lipinski definition) is 17. The molecule has 0 fully saturated rings. The monoisotopic (exact) mass is 902 g/mol. The van der Waals surface area contributed by atoms with Crippen LogP contribution in [0.2, 0.25) is 0 Å². The summed E-state index contributed by atoms with van der Waals surface area (Å²) < 4.78 is 76.1. The Morgan fingerprint density at radius 3 is 1.67 bits per heavy atom. The lowest BCUT2D eigenvalue weighted by Crippen LogP contribution is -2.20. The third kappa shape index (κ3) is 10.4. The number of hydrogen-bond donors (Lipinski definition) is 10. The van der Waals surface area contributed by atoms with E-state index >= 15 is 0 Å². The fourth-order valence-corrected chi connectivity index (χ4v) is 7.75. The van der Waals surface area contributed by atoms with Gasteiger partial charge in [-0.25, -0.2) is 15.3 Å². The Bertz CT molecular complexity index is 2920. The molecule has 6 aromatic rings. The van der Waals surface area contributed by atoms with Crippen LogP contribution in [0.25, 0.3) is 21.5 Å². The van der Waals surface area contributed by atoms with Crippen LogP contribution in [0.3, 0.4) is 0 Å². The Kier molecular flexibility index (Phi) is 13.1. The summed E-state index contributed by atoms with van der Waals surface area (Å²) in [5, 5.41) is 55.7. The quantitative estimate of drug-likeness (QED) is 0.0230. The molecule has 0 unspecified atom stereocenters. The molecule has 0 aliphatic carbocycles. The van der Waals surface area contributed by atoms with Crippen LogP contribution < -0.4 is 21.3 Å². The average molecular weight is 903 g/mol. The molecule has 6 aromatic carbocycles. The van der Waals surface area contributed by atoms with Gasteiger partial charge in [-0.15, -0.1) is 8.67 Å². The van der Waals surface area contributed by atoms with Gasteiger partial charge in [0.15, 0.2) is 0 Å². The molecule has 0 spiro atoms. The summed E-state index contributed by atoms with van der Waals surface area (Å²) in [4.78, 5) is 38.6. The Hall–Kier alpha value is -6.07. The minimum absolute atomic E-state index is 0.00647. The first-order valence-corrected chi connectivity index (χ1v) is 20.6. The molecule has 312 valence electrons. The molecule has 6 rings (SSSR count). The summed E-state index contributed by atoms with van der Waals surface area (Å²) in [6, 6.07) is 19.3. The van der Waals surface area contributed by atoms with Crippen molar-refractivity contribution in [3.05, 3.63) is 108 Å². The van der Waals surface area contributed by atoms with Gasteiger partial charge in [-0.3, -0.25) is 18.7 Å². The van der Waals surface area contributed by atoms with Crippen molar-refractivity contribution in [2.24, 2.45) is 0 Å². The molecule has 25 heteroatoms. The zero-order chi connectivity index (χ0) is 43.4. The van der Waals surface area contributed by atoms with E-state index in [2.05, 4.69) is 40.0 Å². The Morgan fingerprint density at radius 2 is 1.10 bits per heavy atom. The van der Waals surface area contributed by atoms with E-state index in [1.54, 1.807) is 0 Å². The van der Waals surface area contributed by atoms with Gasteiger partial charge in [0.05, 0.1) is 45.3 Å². The fraction of sp³-hybridized carbons (Fsp3) is 0. The molecule has 0 aromatic heterocycles. The molecule has 0 radical (unpaired) electrons. The molecular formula is C35H26N4O17S4. The molecule has 21 nitrogen and oxygen atoms in total. The zero-order valence-corrected chi connectivity index (χ0v) is 32.8. The number of fused-ring (bicyclic) bond motifs is 2. The highest BCUT2D eigenvalue weighted by molar-refractivity contribution is 7.95. The number of amides is 4. The number of carbonyl (C=O) groups is 3. The summed E-state index contributed by atoms with van der Waals surface area (Å²) >= 11 is 0.895. The molecule has 0 saturated heterocycles. The Labute approximate surface area is 345 Å². The predicted molar refractivity (Wildman–Crippen MR) is 214 cm³/mol. The maximum absolute atomic E-state index is 13.4. The molecule has 0 heterocycles.